The molecule has 1 aromatic carbocycles. The number of phenolic OH excluding ortho intramolecular Hbond substituents is 1. The minimum Gasteiger partial charge on any atom is -0.508 e. The van der Waals surface area contributed by atoms with Crippen LogP contribution in [0.3, 0.4) is 0 Å². The summed E-state index contributed by atoms with van der Waals surface area (Å²) in [5, 5.41) is 9.08. The number of nitrogens with zero attached hydrogens (tertiary/aromatic N) is 1. The molecule has 0 saturated carbocycles. The van der Waals surface area contributed by atoms with E-state index in [9.17, 15) is 0 Å². The average Bonchev–Trinajstić information content (AvgIpc) is 2.32. The van der Waals surface area contributed by atoms with Gasteiger partial charge in [-0.25, -0.2) is 0 Å². The van der Waals surface area contributed by atoms with Gasteiger partial charge in [0.2, 0.25) is 0 Å². The molecule has 0 saturated heterocycles. The van der Waals surface area contributed by atoms with Crippen molar-refractivity contribution in [2.75, 3.05) is 18.7 Å². The molecule has 3 nitrogen and oxygen atoms in total. The quantitative estimate of drug-likeness (QED) is 0.604. The summed E-state index contributed by atoms with van der Waals surface area (Å²) in [5.41, 5.74) is 1.03. The third-order valence-corrected chi connectivity index (χ3v) is 1.77. The Morgan fingerprint density at radius 1 is 1.55 bits per heavy atom. The summed E-state index contributed by atoms with van der Waals surface area (Å²) in [5.74, 6) is 1.01. The van der Waals surface area contributed by atoms with Gasteiger partial charge in [-0.1, -0.05) is 0 Å². The Labute approximate surface area is 64.8 Å². The summed E-state index contributed by atoms with van der Waals surface area (Å²) in [7, 11) is 1.95. The predicted molar refractivity (Wildman–Crippen MR) is 42.0 cm³/mol. The van der Waals surface area contributed by atoms with Crippen LogP contribution in [-0.2, 0) is 0 Å². The number of ether oxygens (including phenoxy) is 1. The Kier molecular flexibility index (Phi) is 1.18. The fraction of sp³-hybridized carbons (Fsp3) is 0.250. The van der Waals surface area contributed by atoms with Crippen LogP contribution in [0.15, 0.2) is 18.2 Å². The van der Waals surface area contributed by atoms with Gasteiger partial charge in [-0.3, -0.25) is 0 Å². The Balaban J connectivity index is 2.50. The predicted octanol–water partition coefficient (Wildman–Crippen LogP) is 1.18. The second-order valence-electron chi connectivity index (χ2n) is 2.62. The first kappa shape index (κ1) is 6.34. The maximum Gasteiger partial charge on any atom is 0.161 e. The van der Waals surface area contributed by atoms with Crippen molar-refractivity contribution in [3.05, 3.63) is 18.2 Å². The highest BCUT2D eigenvalue weighted by atomic mass is 16.5. The third-order valence-electron chi connectivity index (χ3n) is 1.77. The summed E-state index contributed by atoms with van der Waals surface area (Å²) in [6, 6.07) is 5.13. The molecule has 1 aliphatic rings. The molecule has 0 amide bonds. The molecular weight excluding hydrogens is 142 g/mol. The normalized spacial score (nSPS) is 14.5. The van der Waals surface area contributed by atoms with Crippen molar-refractivity contribution in [3.8, 4) is 11.5 Å². The molecule has 1 aliphatic heterocycles. The van der Waals surface area contributed by atoms with Gasteiger partial charge in [-0.15, -0.1) is 0 Å². The van der Waals surface area contributed by atoms with Gasteiger partial charge in [0.15, 0.2) is 6.73 Å². The molecule has 2 rings (SSSR count). The zero-order chi connectivity index (χ0) is 7.84. The lowest BCUT2D eigenvalue weighted by atomic mass is 10.3. The van der Waals surface area contributed by atoms with Crippen LogP contribution in [0.2, 0.25) is 0 Å². The Hall–Kier alpha value is -1.38. The molecule has 0 aliphatic carbocycles. The van der Waals surface area contributed by atoms with E-state index in [0.717, 1.165) is 11.4 Å². The number of hydrogen-bond donors (Lipinski definition) is 1. The van der Waals surface area contributed by atoms with E-state index >= 15 is 0 Å². The largest absolute Gasteiger partial charge is 0.508 e. The molecule has 1 heterocycles. The Morgan fingerprint density at radius 3 is 3.18 bits per heavy atom. The third kappa shape index (κ3) is 0.888. The van der Waals surface area contributed by atoms with Crippen LogP contribution in [0.4, 0.5) is 5.69 Å². The fourth-order valence-corrected chi connectivity index (χ4v) is 1.17. The van der Waals surface area contributed by atoms with Crippen LogP contribution in [-0.4, -0.2) is 18.9 Å². The van der Waals surface area contributed by atoms with Crippen LogP contribution in [0.25, 0.3) is 0 Å². The Bertz CT molecular complexity index is 285. The second kappa shape index (κ2) is 2.05. The monoisotopic (exact) mass is 151 g/mol. The lowest BCUT2D eigenvalue weighted by Gasteiger charge is -2.06. The van der Waals surface area contributed by atoms with E-state index in [1.807, 2.05) is 18.0 Å². The van der Waals surface area contributed by atoms with Gasteiger partial charge in [0.25, 0.3) is 0 Å². The van der Waals surface area contributed by atoms with Crippen molar-refractivity contribution in [2.45, 2.75) is 0 Å². The first-order valence-corrected chi connectivity index (χ1v) is 3.44. The van der Waals surface area contributed by atoms with Gasteiger partial charge in [0.1, 0.15) is 11.5 Å². The van der Waals surface area contributed by atoms with E-state index in [1.165, 1.54) is 0 Å². The molecule has 0 fully saturated rings. The fourth-order valence-electron chi connectivity index (χ4n) is 1.17. The highest BCUT2D eigenvalue weighted by Crippen LogP contribution is 2.35. The van der Waals surface area contributed by atoms with Crippen LogP contribution in [0.1, 0.15) is 0 Å². The minimum absolute atomic E-state index is 0.249. The molecule has 1 N–H and O–H groups in total. The zero-order valence-electron chi connectivity index (χ0n) is 6.24. The molecule has 0 atom stereocenters. The first-order chi connectivity index (χ1) is 5.27. The van der Waals surface area contributed by atoms with Gasteiger partial charge in [0.05, 0.1) is 5.69 Å². The second-order valence-corrected chi connectivity index (χ2v) is 2.62. The summed E-state index contributed by atoms with van der Waals surface area (Å²) in [6.45, 7) is 0.568. The topological polar surface area (TPSA) is 32.7 Å². The molecule has 0 spiro atoms. The molecule has 11 heavy (non-hydrogen) atoms. The Morgan fingerprint density at radius 2 is 2.36 bits per heavy atom. The van der Waals surface area contributed by atoms with E-state index < -0.39 is 0 Å². The van der Waals surface area contributed by atoms with Crippen molar-refractivity contribution in [1.82, 2.24) is 0 Å². The number of anilines is 1. The summed E-state index contributed by atoms with van der Waals surface area (Å²) in [6.07, 6.45) is 0. The van der Waals surface area contributed by atoms with Crippen molar-refractivity contribution < 1.29 is 9.84 Å². The summed E-state index contributed by atoms with van der Waals surface area (Å²) in [4.78, 5) is 1.98. The van der Waals surface area contributed by atoms with Gasteiger partial charge >= 0.3 is 0 Å². The number of benzene rings is 1. The molecule has 3 heteroatoms. The van der Waals surface area contributed by atoms with E-state index in [0.29, 0.717) is 6.73 Å². The molecule has 0 radical (unpaired) electrons. The van der Waals surface area contributed by atoms with Gasteiger partial charge < -0.3 is 14.7 Å². The molecule has 58 valence electrons. The molecule has 0 aromatic heterocycles. The average molecular weight is 151 g/mol. The smallest absolute Gasteiger partial charge is 0.161 e. The van der Waals surface area contributed by atoms with Gasteiger partial charge in [-0.2, -0.15) is 0 Å². The van der Waals surface area contributed by atoms with Crippen molar-refractivity contribution in [2.24, 2.45) is 0 Å². The number of hydrogen-bond acceptors (Lipinski definition) is 3. The standard InChI is InChI=1S/C8H9NO2/c1-9-5-11-8-4-6(10)2-3-7(8)9/h2-4,10H,5H2,1H3. The van der Waals surface area contributed by atoms with Crippen molar-refractivity contribution in [1.29, 1.82) is 0 Å². The highest BCUT2D eigenvalue weighted by Gasteiger charge is 2.16. The summed E-state index contributed by atoms with van der Waals surface area (Å²) < 4.78 is 5.26. The molecule has 0 bridgehead atoms. The van der Waals surface area contributed by atoms with Crippen LogP contribution in [0, 0.1) is 0 Å². The van der Waals surface area contributed by atoms with Gasteiger partial charge in [0, 0.05) is 13.1 Å². The maximum atomic E-state index is 9.08. The van der Waals surface area contributed by atoms with E-state index in [-0.39, 0.29) is 5.75 Å². The number of rotatable bonds is 0. The van der Waals surface area contributed by atoms with E-state index in [4.69, 9.17) is 9.84 Å². The lowest BCUT2D eigenvalue weighted by Crippen LogP contribution is -2.14. The SMILES string of the molecule is CN1COc2cc(O)ccc21. The first-order valence-electron chi connectivity index (χ1n) is 3.44. The van der Waals surface area contributed by atoms with Crippen LogP contribution in [0.5, 0.6) is 11.5 Å². The number of aromatic hydroxyl groups is 1. The number of phenols is 1. The van der Waals surface area contributed by atoms with E-state index in [1.54, 1.807) is 12.1 Å². The van der Waals surface area contributed by atoms with Crippen LogP contribution >= 0.6 is 0 Å². The van der Waals surface area contributed by atoms with Crippen molar-refractivity contribution in [3.63, 3.8) is 0 Å². The molecular formula is C8H9NO2. The van der Waals surface area contributed by atoms with Crippen molar-refractivity contribution >= 4 is 5.69 Å². The van der Waals surface area contributed by atoms with Gasteiger partial charge in [-0.05, 0) is 12.1 Å². The molecule has 1 aromatic rings. The number of fused-ring (bicyclic) bond motifs is 1. The van der Waals surface area contributed by atoms with Crippen LogP contribution < -0.4 is 9.64 Å². The maximum absolute atomic E-state index is 9.08. The lowest BCUT2D eigenvalue weighted by molar-refractivity contribution is 0.351. The zero-order valence-corrected chi connectivity index (χ0v) is 6.24. The highest BCUT2D eigenvalue weighted by molar-refractivity contribution is 5.62. The molecule has 0 unspecified atom stereocenters. The summed E-state index contributed by atoms with van der Waals surface area (Å²) >= 11 is 0. The van der Waals surface area contributed by atoms with E-state index in [2.05, 4.69) is 0 Å². The minimum atomic E-state index is 0.249.